The number of ether oxygens (including phenoxy) is 3. The molecule has 2 N–H and O–H groups in total. The standard InChI is InChI=1S/C19H23ClN2O4/c1-4-13-7-5-6-8-16(13)26-10-9-21-19(23)22-15-12-17(24-2)14(20)11-18(15)25-3/h5-8,11-12H,4,9-10H2,1-3H3,(H2,21,22,23). The summed E-state index contributed by atoms with van der Waals surface area (Å²) in [7, 11) is 3.00. The van der Waals surface area contributed by atoms with Gasteiger partial charge in [0.15, 0.2) is 0 Å². The summed E-state index contributed by atoms with van der Waals surface area (Å²) in [6.45, 7) is 2.80. The van der Waals surface area contributed by atoms with Crippen LogP contribution in [0, 0.1) is 0 Å². The van der Waals surface area contributed by atoms with E-state index >= 15 is 0 Å². The number of methoxy groups -OCH3 is 2. The van der Waals surface area contributed by atoms with E-state index in [0.717, 1.165) is 17.7 Å². The number of urea groups is 1. The molecule has 0 heterocycles. The van der Waals surface area contributed by atoms with Gasteiger partial charge in [-0.25, -0.2) is 4.79 Å². The van der Waals surface area contributed by atoms with Gasteiger partial charge in [0, 0.05) is 12.1 Å². The van der Waals surface area contributed by atoms with Crippen molar-refractivity contribution in [3.05, 3.63) is 47.0 Å². The van der Waals surface area contributed by atoms with Crippen LogP contribution in [0.25, 0.3) is 0 Å². The van der Waals surface area contributed by atoms with Crippen molar-refractivity contribution < 1.29 is 19.0 Å². The molecule has 0 saturated carbocycles. The van der Waals surface area contributed by atoms with Crippen LogP contribution in [0.3, 0.4) is 0 Å². The Morgan fingerprint density at radius 2 is 1.81 bits per heavy atom. The van der Waals surface area contributed by atoms with Crippen molar-refractivity contribution in [1.82, 2.24) is 5.32 Å². The molecule has 0 fully saturated rings. The summed E-state index contributed by atoms with van der Waals surface area (Å²) >= 11 is 6.05. The minimum atomic E-state index is -0.375. The second-order valence-electron chi connectivity index (χ2n) is 5.38. The fourth-order valence-electron chi connectivity index (χ4n) is 2.39. The van der Waals surface area contributed by atoms with E-state index in [4.69, 9.17) is 25.8 Å². The number of anilines is 1. The zero-order chi connectivity index (χ0) is 18.9. The molecule has 2 aromatic rings. The highest BCUT2D eigenvalue weighted by Gasteiger charge is 2.12. The molecular weight excluding hydrogens is 356 g/mol. The Bertz CT molecular complexity index is 752. The van der Waals surface area contributed by atoms with E-state index in [1.54, 1.807) is 12.1 Å². The average Bonchev–Trinajstić information content (AvgIpc) is 2.66. The summed E-state index contributed by atoms with van der Waals surface area (Å²) < 4.78 is 16.1. The fraction of sp³-hybridized carbons (Fsp3) is 0.316. The molecule has 2 rings (SSSR count). The Morgan fingerprint density at radius 1 is 1.08 bits per heavy atom. The lowest BCUT2D eigenvalue weighted by molar-refractivity contribution is 0.247. The molecule has 2 amide bonds. The molecule has 140 valence electrons. The molecule has 0 aliphatic rings. The molecule has 0 bridgehead atoms. The Labute approximate surface area is 158 Å². The first-order valence-corrected chi connectivity index (χ1v) is 8.63. The van der Waals surface area contributed by atoms with Crippen molar-refractivity contribution >= 4 is 23.3 Å². The number of nitrogens with one attached hydrogen (secondary N) is 2. The summed E-state index contributed by atoms with van der Waals surface area (Å²) in [5.41, 5.74) is 1.60. The third-order valence-electron chi connectivity index (χ3n) is 3.72. The summed E-state index contributed by atoms with van der Waals surface area (Å²) in [4.78, 5) is 12.1. The molecular formula is C19H23ClN2O4. The molecule has 0 aromatic heterocycles. The minimum Gasteiger partial charge on any atom is -0.495 e. The van der Waals surface area contributed by atoms with Crippen LogP contribution in [-0.2, 0) is 6.42 Å². The van der Waals surface area contributed by atoms with Crippen molar-refractivity contribution in [2.75, 3.05) is 32.7 Å². The number of amides is 2. The van der Waals surface area contributed by atoms with Crippen molar-refractivity contribution in [3.63, 3.8) is 0 Å². The maximum absolute atomic E-state index is 12.1. The number of hydrogen-bond donors (Lipinski definition) is 2. The molecule has 0 unspecified atom stereocenters. The van der Waals surface area contributed by atoms with Crippen LogP contribution in [0.1, 0.15) is 12.5 Å². The van der Waals surface area contributed by atoms with E-state index in [-0.39, 0.29) is 6.03 Å². The summed E-state index contributed by atoms with van der Waals surface area (Å²) in [6, 6.07) is 10.7. The molecule has 2 aromatic carbocycles. The van der Waals surface area contributed by atoms with Crippen LogP contribution in [0.15, 0.2) is 36.4 Å². The second kappa shape index (κ2) is 9.77. The Hall–Kier alpha value is -2.60. The number of carbonyl (C=O) groups is 1. The van der Waals surface area contributed by atoms with Gasteiger partial charge in [0.2, 0.25) is 0 Å². The summed E-state index contributed by atoms with van der Waals surface area (Å²) in [5.74, 6) is 1.72. The molecule has 0 spiro atoms. The number of aryl methyl sites for hydroxylation is 1. The van der Waals surface area contributed by atoms with Gasteiger partial charge in [-0.15, -0.1) is 0 Å². The third kappa shape index (κ3) is 5.20. The maximum Gasteiger partial charge on any atom is 0.319 e. The SMILES string of the molecule is CCc1ccccc1OCCNC(=O)Nc1cc(OC)c(Cl)cc1OC. The van der Waals surface area contributed by atoms with Gasteiger partial charge in [-0.05, 0) is 18.1 Å². The van der Waals surface area contributed by atoms with E-state index < -0.39 is 0 Å². The van der Waals surface area contributed by atoms with E-state index in [9.17, 15) is 4.79 Å². The predicted octanol–water partition coefficient (Wildman–Crippen LogP) is 4.12. The normalized spacial score (nSPS) is 10.2. The molecule has 6 nitrogen and oxygen atoms in total. The summed E-state index contributed by atoms with van der Waals surface area (Å²) in [5, 5.41) is 5.85. The Morgan fingerprint density at radius 3 is 2.50 bits per heavy atom. The Balaban J connectivity index is 1.87. The minimum absolute atomic E-state index is 0.358. The zero-order valence-corrected chi connectivity index (χ0v) is 15.9. The highest BCUT2D eigenvalue weighted by atomic mass is 35.5. The van der Waals surface area contributed by atoms with Crippen LogP contribution < -0.4 is 24.8 Å². The summed E-state index contributed by atoms with van der Waals surface area (Å²) in [6.07, 6.45) is 0.891. The van der Waals surface area contributed by atoms with Crippen LogP contribution in [-0.4, -0.2) is 33.4 Å². The predicted molar refractivity (Wildman–Crippen MR) is 103 cm³/mol. The number of halogens is 1. The van der Waals surface area contributed by atoms with Crippen molar-refractivity contribution in [1.29, 1.82) is 0 Å². The van der Waals surface area contributed by atoms with Gasteiger partial charge >= 0.3 is 6.03 Å². The van der Waals surface area contributed by atoms with Crippen molar-refractivity contribution in [2.45, 2.75) is 13.3 Å². The van der Waals surface area contributed by atoms with E-state index in [2.05, 4.69) is 17.6 Å². The maximum atomic E-state index is 12.1. The highest BCUT2D eigenvalue weighted by molar-refractivity contribution is 6.32. The highest BCUT2D eigenvalue weighted by Crippen LogP contribution is 2.35. The number of benzene rings is 2. The number of rotatable bonds is 8. The molecule has 0 aliphatic carbocycles. The number of para-hydroxylation sites is 1. The third-order valence-corrected chi connectivity index (χ3v) is 4.02. The van der Waals surface area contributed by atoms with Crippen molar-refractivity contribution in [3.8, 4) is 17.2 Å². The van der Waals surface area contributed by atoms with Gasteiger partial charge in [-0.1, -0.05) is 36.7 Å². The first kappa shape index (κ1) is 19.7. The number of carbonyl (C=O) groups excluding carboxylic acids is 1. The van der Waals surface area contributed by atoms with Crippen LogP contribution in [0.4, 0.5) is 10.5 Å². The van der Waals surface area contributed by atoms with E-state index in [0.29, 0.717) is 35.4 Å². The fourth-order valence-corrected chi connectivity index (χ4v) is 2.62. The van der Waals surface area contributed by atoms with Crippen molar-refractivity contribution in [2.24, 2.45) is 0 Å². The lowest BCUT2D eigenvalue weighted by atomic mass is 10.1. The van der Waals surface area contributed by atoms with Crippen LogP contribution >= 0.6 is 11.6 Å². The molecule has 0 aliphatic heterocycles. The molecule has 7 heteroatoms. The van der Waals surface area contributed by atoms with Gasteiger partial charge in [0.1, 0.15) is 23.9 Å². The number of hydrogen-bond acceptors (Lipinski definition) is 4. The average molecular weight is 379 g/mol. The largest absolute Gasteiger partial charge is 0.495 e. The molecule has 0 saturated heterocycles. The van der Waals surface area contributed by atoms with E-state index in [1.165, 1.54) is 14.2 Å². The smallest absolute Gasteiger partial charge is 0.319 e. The van der Waals surface area contributed by atoms with Crippen LogP contribution in [0.5, 0.6) is 17.2 Å². The molecule has 0 atom stereocenters. The lowest BCUT2D eigenvalue weighted by Crippen LogP contribution is -2.32. The Kier molecular flexibility index (Phi) is 7.41. The van der Waals surface area contributed by atoms with Gasteiger partial charge in [0.25, 0.3) is 0 Å². The molecule has 0 radical (unpaired) electrons. The first-order chi connectivity index (χ1) is 12.6. The first-order valence-electron chi connectivity index (χ1n) is 8.26. The van der Waals surface area contributed by atoms with Crippen LogP contribution in [0.2, 0.25) is 5.02 Å². The van der Waals surface area contributed by atoms with E-state index in [1.807, 2.05) is 24.3 Å². The zero-order valence-electron chi connectivity index (χ0n) is 15.1. The second-order valence-corrected chi connectivity index (χ2v) is 5.78. The lowest BCUT2D eigenvalue weighted by Gasteiger charge is -2.14. The van der Waals surface area contributed by atoms with Gasteiger partial charge in [0.05, 0.1) is 31.5 Å². The van der Waals surface area contributed by atoms with Gasteiger partial charge in [-0.2, -0.15) is 0 Å². The monoisotopic (exact) mass is 378 g/mol. The quantitative estimate of drug-likeness (QED) is 0.678. The molecule has 26 heavy (non-hydrogen) atoms. The van der Waals surface area contributed by atoms with Gasteiger partial charge < -0.3 is 24.8 Å². The topological polar surface area (TPSA) is 68.8 Å². The van der Waals surface area contributed by atoms with Gasteiger partial charge in [-0.3, -0.25) is 0 Å².